The van der Waals surface area contributed by atoms with Gasteiger partial charge < -0.3 is 5.32 Å². The minimum Gasteiger partial charge on any atom is -0.311 e. The first-order valence-electron chi connectivity index (χ1n) is 6.65. The molecule has 0 amide bonds. The smallest absolute Gasteiger partial charge is 0.0890 e. The number of hydrogen-bond acceptors (Lipinski definition) is 3. The normalized spacial score (nSPS) is 14.6. The Morgan fingerprint density at radius 2 is 1.94 bits per heavy atom. The van der Waals surface area contributed by atoms with Crippen molar-refractivity contribution in [2.45, 2.75) is 32.7 Å². The zero-order chi connectivity index (χ0) is 13.0. The first-order valence-corrected chi connectivity index (χ1v) is 6.65. The van der Waals surface area contributed by atoms with Gasteiger partial charge in [0.1, 0.15) is 0 Å². The molecule has 2 unspecified atom stereocenters. The van der Waals surface area contributed by atoms with Gasteiger partial charge in [0.2, 0.25) is 0 Å². The van der Waals surface area contributed by atoms with Crippen LogP contribution in [0.5, 0.6) is 0 Å². The zero-order valence-corrected chi connectivity index (χ0v) is 11.4. The van der Waals surface area contributed by atoms with E-state index >= 15 is 0 Å². The fraction of sp³-hybridized carbons (Fsp3) is 0.467. The maximum atomic E-state index is 4.72. The van der Waals surface area contributed by atoms with E-state index in [1.165, 1.54) is 12.8 Å². The van der Waals surface area contributed by atoms with Crippen molar-refractivity contribution in [2.24, 2.45) is 5.92 Å². The molecule has 0 spiro atoms. The van der Waals surface area contributed by atoms with Crippen LogP contribution in [0.2, 0.25) is 0 Å². The minimum atomic E-state index is 0.280. The van der Waals surface area contributed by atoms with Gasteiger partial charge in [0.05, 0.1) is 29.0 Å². The molecule has 0 bridgehead atoms. The molecule has 2 rings (SSSR count). The lowest BCUT2D eigenvalue weighted by Crippen LogP contribution is -2.24. The van der Waals surface area contributed by atoms with Gasteiger partial charge in [0, 0.05) is 0 Å². The van der Waals surface area contributed by atoms with E-state index in [9.17, 15) is 0 Å². The molecule has 0 radical (unpaired) electrons. The highest BCUT2D eigenvalue weighted by Gasteiger charge is 2.18. The van der Waals surface area contributed by atoms with Crippen LogP contribution in [0, 0.1) is 5.92 Å². The molecule has 1 aromatic carbocycles. The Morgan fingerprint density at radius 1 is 1.22 bits per heavy atom. The topological polar surface area (TPSA) is 37.8 Å². The van der Waals surface area contributed by atoms with Crippen molar-refractivity contribution in [1.82, 2.24) is 15.3 Å². The highest BCUT2D eigenvalue weighted by molar-refractivity contribution is 5.73. The average Bonchev–Trinajstić information content (AvgIpc) is 2.40. The van der Waals surface area contributed by atoms with Gasteiger partial charge in [-0.05, 0) is 31.5 Å². The second kappa shape index (κ2) is 5.91. The fourth-order valence-corrected chi connectivity index (χ4v) is 2.47. The van der Waals surface area contributed by atoms with E-state index in [1.807, 2.05) is 37.5 Å². The zero-order valence-electron chi connectivity index (χ0n) is 11.4. The van der Waals surface area contributed by atoms with E-state index in [1.54, 1.807) is 0 Å². The van der Waals surface area contributed by atoms with Crippen LogP contribution in [-0.4, -0.2) is 17.0 Å². The molecule has 1 heterocycles. The Hall–Kier alpha value is -1.48. The first-order chi connectivity index (χ1) is 8.76. The van der Waals surface area contributed by atoms with Crippen LogP contribution < -0.4 is 5.32 Å². The molecule has 3 heteroatoms. The number of rotatable bonds is 5. The molecule has 0 aliphatic heterocycles. The molecule has 18 heavy (non-hydrogen) atoms. The van der Waals surface area contributed by atoms with Gasteiger partial charge in [-0.3, -0.25) is 4.98 Å². The predicted octanol–water partition coefficient (Wildman–Crippen LogP) is 3.33. The predicted molar refractivity (Wildman–Crippen MR) is 75.4 cm³/mol. The molecule has 0 saturated carbocycles. The summed E-state index contributed by atoms with van der Waals surface area (Å²) in [6.07, 6.45) is 4.29. The van der Waals surface area contributed by atoms with Crippen LogP contribution in [-0.2, 0) is 0 Å². The highest BCUT2D eigenvalue weighted by Crippen LogP contribution is 2.24. The maximum absolute atomic E-state index is 4.72. The molecule has 0 aliphatic rings. The lowest BCUT2D eigenvalue weighted by Gasteiger charge is -2.22. The van der Waals surface area contributed by atoms with E-state index in [0.717, 1.165) is 16.7 Å². The summed E-state index contributed by atoms with van der Waals surface area (Å²) in [5.41, 5.74) is 2.97. The number of para-hydroxylation sites is 2. The Kier molecular flexibility index (Phi) is 4.26. The molecule has 2 aromatic rings. The summed E-state index contributed by atoms with van der Waals surface area (Å²) in [5, 5.41) is 3.37. The minimum absolute atomic E-state index is 0.280. The van der Waals surface area contributed by atoms with Gasteiger partial charge >= 0.3 is 0 Å². The van der Waals surface area contributed by atoms with E-state index in [0.29, 0.717) is 5.92 Å². The van der Waals surface area contributed by atoms with Crippen LogP contribution >= 0.6 is 0 Å². The number of aromatic nitrogens is 2. The first kappa shape index (κ1) is 13.0. The molecule has 0 saturated heterocycles. The average molecular weight is 243 g/mol. The second-order valence-electron chi connectivity index (χ2n) is 4.82. The van der Waals surface area contributed by atoms with Crippen LogP contribution in [0.25, 0.3) is 11.0 Å². The molecule has 1 aromatic heterocycles. The summed E-state index contributed by atoms with van der Waals surface area (Å²) in [4.78, 5) is 9.21. The van der Waals surface area contributed by atoms with Crippen molar-refractivity contribution < 1.29 is 0 Å². The van der Waals surface area contributed by atoms with Crippen LogP contribution in [0.15, 0.2) is 30.5 Å². The third-order valence-electron chi connectivity index (χ3n) is 3.41. The van der Waals surface area contributed by atoms with Gasteiger partial charge in [0.25, 0.3) is 0 Å². The summed E-state index contributed by atoms with van der Waals surface area (Å²) in [6.45, 7) is 4.48. The fourth-order valence-electron chi connectivity index (χ4n) is 2.47. The quantitative estimate of drug-likeness (QED) is 0.875. The number of fused-ring (bicyclic) bond motifs is 1. The number of nitrogens with zero attached hydrogens (tertiary/aromatic N) is 2. The Bertz CT molecular complexity index is 510. The summed E-state index contributed by atoms with van der Waals surface area (Å²) < 4.78 is 0. The van der Waals surface area contributed by atoms with Gasteiger partial charge in [-0.25, -0.2) is 4.98 Å². The summed E-state index contributed by atoms with van der Waals surface area (Å²) in [7, 11) is 1.99. The number of nitrogens with one attached hydrogen (secondary N) is 1. The van der Waals surface area contributed by atoms with Crippen molar-refractivity contribution in [3.8, 4) is 0 Å². The van der Waals surface area contributed by atoms with E-state index in [2.05, 4.69) is 24.1 Å². The van der Waals surface area contributed by atoms with Crippen LogP contribution in [0.1, 0.15) is 38.4 Å². The standard InChI is InChI=1S/C15H21N3/c1-4-7-11(2)15(16-3)14-10-17-12-8-5-6-9-13(12)18-14/h5-6,8-11,15-16H,4,7H2,1-3H3. The molecule has 3 nitrogen and oxygen atoms in total. The lowest BCUT2D eigenvalue weighted by atomic mass is 9.94. The molecule has 0 fully saturated rings. The molecular formula is C15H21N3. The van der Waals surface area contributed by atoms with Gasteiger partial charge in [-0.15, -0.1) is 0 Å². The van der Waals surface area contributed by atoms with Crippen molar-refractivity contribution >= 4 is 11.0 Å². The summed E-state index contributed by atoms with van der Waals surface area (Å²) in [6, 6.07) is 8.29. The van der Waals surface area contributed by atoms with E-state index in [4.69, 9.17) is 4.98 Å². The van der Waals surface area contributed by atoms with Crippen LogP contribution in [0.3, 0.4) is 0 Å². The third kappa shape index (κ3) is 2.67. The molecule has 1 N–H and O–H groups in total. The molecule has 2 atom stereocenters. The van der Waals surface area contributed by atoms with Gasteiger partial charge in [-0.2, -0.15) is 0 Å². The molecular weight excluding hydrogens is 222 g/mol. The van der Waals surface area contributed by atoms with Crippen molar-refractivity contribution in [1.29, 1.82) is 0 Å². The maximum Gasteiger partial charge on any atom is 0.0890 e. The molecule has 0 aliphatic carbocycles. The Morgan fingerprint density at radius 3 is 2.61 bits per heavy atom. The summed E-state index contributed by atoms with van der Waals surface area (Å²) in [5.74, 6) is 0.565. The number of benzene rings is 1. The molecule has 96 valence electrons. The third-order valence-corrected chi connectivity index (χ3v) is 3.41. The highest BCUT2D eigenvalue weighted by atomic mass is 14.9. The number of hydrogen-bond donors (Lipinski definition) is 1. The van der Waals surface area contributed by atoms with E-state index < -0.39 is 0 Å². The SMILES string of the molecule is CCCC(C)C(NC)c1cnc2ccccc2n1. The monoisotopic (exact) mass is 243 g/mol. The summed E-state index contributed by atoms with van der Waals surface area (Å²) >= 11 is 0. The van der Waals surface area contributed by atoms with Gasteiger partial charge in [-0.1, -0.05) is 32.4 Å². The Labute approximate surface area is 109 Å². The largest absolute Gasteiger partial charge is 0.311 e. The van der Waals surface area contributed by atoms with Crippen LogP contribution in [0.4, 0.5) is 0 Å². The Balaban J connectivity index is 2.33. The lowest BCUT2D eigenvalue weighted by molar-refractivity contribution is 0.377. The van der Waals surface area contributed by atoms with Crippen molar-refractivity contribution in [3.63, 3.8) is 0 Å². The van der Waals surface area contributed by atoms with Crippen molar-refractivity contribution in [3.05, 3.63) is 36.2 Å². The van der Waals surface area contributed by atoms with Crippen molar-refractivity contribution in [2.75, 3.05) is 7.05 Å². The van der Waals surface area contributed by atoms with Gasteiger partial charge in [0.15, 0.2) is 0 Å². The second-order valence-corrected chi connectivity index (χ2v) is 4.82. The van der Waals surface area contributed by atoms with E-state index in [-0.39, 0.29) is 6.04 Å².